The van der Waals surface area contributed by atoms with Crippen molar-refractivity contribution < 1.29 is 29.6 Å². The molecule has 2 N–H and O–H groups in total. The molecule has 10 heteroatoms. The Hall–Kier alpha value is -3.53. The maximum Gasteiger partial charge on any atom is 0.275 e. The molecule has 2 aliphatic rings. The van der Waals surface area contributed by atoms with Crippen LogP contribution in [0.15, 0.2) is 41.3 Å². The lowest BCUT2D eigenvalue weighted by Crippen LogP contribution is -2.49. The summed E-state index contributed by atoms with van der Waals surface area (Å²) in [7, 11) is 1.32. The molecule has 0 spiro atoms. The molecule has 2 aromatic rings. The molecule has 3 atom stereocenters. The van der Waals surface area contributed by atoms with Crippen LogP contribution >= 0.6 is 0 Å². The van der Waals surface area contributed by atoms with Gasteiger partial charge in [-0.1, -0.05) is 18.2 Å². The summed E-state index contributed by atoms with van der Waals surface area (Å²) in [6.07, 6.45) is 2.56. The van der Waals surface area contributed by atoms with E-state index >= 15 is 0 Å². The molecular weight excluding hydrogens is 424 g/mol. The zero-order valence-electron chi connectivity index (χ0n) is 18.3. The fourth-order valence-electron chi connectivity index (χ4n) is 3.90. The van der Waals surface area contributed by atoms with Gasteiger partial charge in [0.2, 0.25) is 5.43 Å². The summed E-state index contributed by atoms with van der Waals surface area (Å²) in [4.78, 5) is 39.9. The van der Waals surface area contributed by atoms with Gasteiger partial charge < -0.3 is 24.6 Å². The number of ether oxygens (including phenoxy) is 1. The Bertz CT molecular complexity index is 1250. The van der Waals surface area contributed by atoms with Gasteiger partial charge in [0.05, 0.1) is 13.5 Å². The molecule has 1 aromatic carbocycles. The maximum atomic E-state index is 13.9. The molecule has 2 amide bonds. The van der Waals surface area contributed by atoms with Crippen molar-refractivity contribution in [3.05, 3.63) is 75.2 Å². The molecule has 1 aromatic heterocycles. The second-order valence-corrected chi connectivity index (χ2v) is 7.57. The number of fused-ring (bicyclic) bond motifs is 4. The number of carbonyl (C=O) groups is 2. The van der Waals surface area contributed by atoms with Crippen LogP contribution in [0.25, 0.3) is 0 Å². The molecule has 2 bridgehead atoms. The molecule has 32 heavy (non-hydrogen) atoms. The second kappa shape index (κ2) is 8.19. The monoisotopic (exact) mass is 446 g/mol. The van der Waals surface area contributed by atoms with E-state index in [2.05, 4.69) is 5.32 Å². The molecule has 168 valence electrons. The summed E-state index contributed by atoms with van der Waals surface area (Å²) < 4.78 is 42.3. The Balaban J connectivity index is 1.75. The number of methoxy groups -OCH3 is 1. The Morgan fingerprint density at radius 2 is 2.09 bits per heavy atom. The maximum absolute atomic E-state index is 13.9. The summed E-state index contributed by atoms with van der Waals surface area (Å²) in [5, 5.41) is 13.0. The van der Waals surface area contributed by atoms with Crippen LogP contribution in [-0.2, 0) is 11.3 Å². The van der Waals surface area contributed by atoms with Gasteiger partial charge in [0.1, 0.15) is 17.2 Å². The van der Waals surface area contributed by atoms with Crippen molar-refractivity contribution >= 4 is 11.8 Å². The minimum absolute atomic E-state index is 0.00898. The normalized spacial score (nSPS) is 24.6. The number of rotatable bonds is 4. The minimum atomic E-state index is -1.65. The first-order chi connectivity index (χ1) is 15.6. The highest BCUT2D eigenvalue weighted by molar-refractivity contribution is 5.99. The Morgan fingerprint density at radius 3 is 2.78 bits per heavy atom. The number of hydrogen-bond donors (Lipinski definition) is 2. The topological polar surface area (TPSA) is 101 Å². The third kappa shape index (κ3) is 3.56. The van der Waals surface area contributed by atoms with E-state index in [0.717, 1.165) is 18.3 Å². The molecule has 0 aliphatic carbocycles. The van der Waals surface area contributed by atoms with Gasteiger partial charge in [-0.15, -0.1) is 0 Å². The Labute approximate surface area is 183 Å². The third-order valence-corrected chi connectivity index (χ3v) is 5.67. The highest BCUT2D eigenvalue weighted by atomic mass is 19.1. The van der Waals surface area contributed by atoms with Gasteiger partial charge in [0.15, 0.2) is 11.4 Å². The average Bonchev–Trinajstić information content (AvgIpc) is 2.89. The number of amides is 2. The first-order valence-electron chi connectivity index (χ1n) is 10.3. The molecule has 3 heterocycles. The number of nitrogens with one attached hydrogen (secondary N) is 1. The van der Waals surface area contributed by atoms with E-state index in [9.17, 15) is 28.3 Å². The van der Waals surface area contributed by atoms with E-state index in [-0.39, 0.29) is 24.3 Å². The molecule has 2 aliphatic heterocycles. The molecule has 3 unspecified atom stereocenters. The van der Waals surface area contributed by atoms with E-state index in [1.165, 1.54) is 22.7 Å². The number of aromatic nitrogens is 1. The van der Waals surface area contributed by atoms with Crippen molar-refractivity contribution in [3.63, 3.8) is 0 Å². The summed E-state index contributed by atoms with van der Waals surface area (Å²) in [5.41, 5.74) is -1.94. The number of pyridine rings is 1. The summed E-state index contributed by atoms with van der Waals surface area (Å²) in [5.74, 6) is -4.14. The van der Waals surface area contributed by atoms with Gasteiger partial charge in [-0.25, -0.2) is 8.78 Å². The summed E-state index contributed by atoms with van der Waals surface area (Å²) >= 11 is 0. The number of hydrogen-bond acceptors (Lipinski definition) is 5. The van der Waals surface area contributed by atoms with Gasteiger partial charge in [-0.2, -0.15) is 0 Å². The number of benzene rings is 1. The van der Waals surface area contributed by atoms with Crippen LogP contribution in [0.4, 0.5) is 8.78 Å². The quantitative estimate of drug-likeness (QED) is 0.697. The van der Waals surface area contributed by atoms with E-state index in [1.54, 1.807) is 13.0 Å². The molecule has 0 saturated heterocycles. The van der Waals surface area contributed by atoms with Crippen molar-refractivity contribution in [1.82, 2.24) is 14.8 Å². The van der Waals surface area contributed by atoms with Crippen molar-refractivity contribution in [1.29, 1.82) is 0 Å². The molecular formula is C22H21F2N3O5. The van der Waals surface area contributed by atoms with Crippen LogP contribution in [0.1, 0.15) is 40.7 Å². The SMILES string of the molecule is [2H]C1(OC)C=CC(C)N2CC1n1cc(C(=O)NCc3ccc(F)cc3F)c(=O)c(O)c1C2=O. The molecule has 0 saturated carbocycles. The van der Waals surface area contributed by atoms with Crippen molar-refractivity contribution in [2.24, 2.45) is 0 Å². The van der Waals surface area contributed by atoms with Gasteiger partial charge in [0.25, 0.3) is 11.8 Å². The zero-order valence-corrected chi connectivity index (χ0v) is 17.3. The highest BCUT2D eigenvalue weighted by Gasteiger charge is 2.41. The molecule has 0 fully saturated rings. The predicted octanol–water partition coefficient (Wildman–Crippen LogP) is 1.73. The standard InChI is InChI=1S/C22H21F2N3O5/c1-11-3-6-17(32-2)16-10-26(11)22(31)18-20(29)19(28)14(9-27(16)18)21(30)25-8-12-4-5-13(23)7-15(12)24/h3-7,9,11,16-17,29H,8,10H2,1-2H3,(H,25,30)/i17D. The van der Waals surface area contributed by atoms with Crippen molar-refractivity contribution in [2.45, 2.75) is 31.6 Å². The van der Waals surface area contributed by atoms with Crippen molar-refractivity contribution in [3.8, 4) is 5.75 Å². The first-order valence-corrected chi connectivity index (χ1v) is 9.83. The van der Waals surface area contributed by atoms with Gasteiger partial charge in [-0.3, -0.25) is 14.4 Å². The van der Waals surface area contributed by atoms with Gasteiger partial charge >= 0.3 is 0 Å². The fourth-order valence-corrected chi connectivity index (χ4v) is 3.90. The lowest BCUT2D eigenvalue weighted by atomic mass is 10.0. The Kier molecular flexibility index (Phi) is 5.22. The minimum Gasteiger partial charge on any atom is -0.503 e. The van der Waals surface area contributed by atoms with Gasteiger partial charge in [-0.05, 0) is 13.0 Å². The van der Waals surface area contributed by atoms with Crippen LogP contribution in [0, 0.1) is 11.6 Å². The molecule has 8 nitrogen and oxygen atoms in total. The fraction of sp³-hybridized carbons (Fsp3) is 0.318. The van der Waals surface area contributed by atoms with Crippen molar-refractivity contribution in [2.75, 3.05) is 13.7 Å². The number of carbonyl (C=O) groups excluding carboxylic acids is 2. The van der Waals surface area contributed by atoms with Crippen LogP contribution in [0.3, 0.4) is 0 Å². The van der Waals surface area contributed by atoms with E-state index in [4.69, 9.17) is 6.11 Å². The molecule has 4 rings (SSSR count). The number of nitrogens with zero attached hydrogens (tertiary/aromatic N) is 2. The second-order valence-electron chi connectivity index (χ2n) is 7.57. The van der Waals surface area contributed by atoms with Crippen LogP contribution in [0.2, 0.25) is 0 Å². The number of aromatic hydroxyl groups is 1. The lowest BCUT2D eigenvalue weighted by molar-refractivity contribution is 0.0435. The van der Waals surface area contributed by atoms with E-state index < -0.39 is 58.4 Å². The van der Waals surface area contributed by atoms with Gasteiger partial charge in [0, 0.05) is 44.1 Å². The highest BCUT2D eigenvalue weighted by Crippen LogP contribution is 2.33. The van der Waals surface area contributed by atoms with Crippen LogP contribution < -0.4 is 10.7 Å². The van der Waals surface area contributed by atoms with E-state index in [0.29, 0.717) is 6.07 Å². The van der Waals surface area contributed by atoms with Crippen LogP contribution in [0.5, 0.6) is 5.75 Å². The third-order valence-electron chi connectivity index (χ3n) is 5.67. The smallest absolute Gasteiger partial charge is 0.275 e. The first kappa shape index (κ1) is 20.4. The molecule has 0 radical (unpaired) electrons. The average molecular weight is 446 g/mol. The largest absolute Gasteiger partial charge is 0.503 e. The van der Waals surface area contributed by atoms with Crippen LogP contribution in [-0.4, -0.2) is 52.2 Å². The Morgan fingerprint density at radius 1 is 1.34 bits per heavy atom. The summed E-state index contributed by atoms with van der Waals surface area (Å²) in [6, 6.07) is 1.56. The summed E-state index contributed by atoms with van der Waals surface area (Å²) in [6.45, 7) is 1.43. The van der Waals surface area contributed by atoms with E-state index in [1.807, 2.05) is 0 Å². The number of halogens is 2. The predicted molar refractivity (Wildman–Crippen MR) is 109 cm³/mol. The zero-order chi connectivity index (χ0) is 24.1. The lowest BCUT2D eigenvalue weighted by Gasteiger charge is -2.38.